The molecule has 0 radical (unpaired) electrons. The third-order valence-electron chi connectivity index (χ3n) is 3.35. The van der Waals surface area contributed by atoms with Crippen LogP contribution in [-0.4, -0.2) is 16.9 Å². The van der Waals surface area contributed by atoms with Gasteiger partial charge in [0.25, 0.3) is 0 Å². The molecule has 1 fully saturated rings. The molecule has 1 saturated carbocycles. The molecule has 0 amide bonds. The molecule has 1 aliphatic carbocycles. The maximum atomic E-state index is 12.3. The molecule has 0 saturated heterocycles. The number of Topliss-reactive ketones (excluding diaryl/α,β-unsaturated/α-hetero) is 1. The summed E-state index contributed by atoms with van der Waals surface area (Å²) in [5.41, 5.74) is 0.389. The van der Waals surface area contributed by atoms with Crippen molar-refractivity contribution in [3.8, 4) is 0 Å². The van der Waals surface area contributed by atoms with Crippen LogP contribution in [0.25, 0.3) is 0 Å². The summed E-state index contributed by atoms with van der Waals surface area (Å²) in [5, 5.41) is 9.74. The number of carbonyl (C=O) groups is 2. The Morgan fingerprint density at radius 2 is 1.83 bits per heavy atom. The van der Waals surface area contributed by atoms with Crippen LogP contribution < -0.4 is 0 Å². The van der Waals surface area contributed by atoms with Gasteiger partial charge in [0.2, 0.25) is 0 Å². The van der Waals surface area contributed by atoms with Crippen molar-refractivity contribution in [1.82, 2.24) is 0 Å². The summed E-state index contributed by atoms with van der Waals surface area (Å²) in [5.74, 6) is -1.62. The highest BCUT2D eigenvalue weighted by molar-refractivity contribution is 6.36. The van der Waals surface area contributed by atoms with Gasteiger partial charge in [-0.1, -0.05) is 23.2 Å². The van der Waals surface area contributed by atoms with Crippen molar-refractivity contribution in [2.75, 3.05) is 0 Å². The van der Waals surface area contributed by atoms with Crippen molar-refractivity contribution in [3.63, 3.8) is 0 Å². The standard InChI is InChI=1S/C13H12Cl2O3/c14-9-3-4-11(15)10(6-9)12(16)7-1-2-8(5-7)13(17)18/h3-4,6-8H,1-2,5H2,(H,17,18). The van der Waals surface area contributed by atoms with E-state index in [1.54, 1.807) is 18.2 Å². The minimum absolute atomic E-state index is 0.105. The Kier molecular flexibility index (Phi) is 3.93. The lowest BCUT2D eigenvalue weighted by Gasteiger charge is -2.10. The highest BCUT2D eigenvalue weighted by Crippen LogP contribution is 2.35. The van der Waals surface area contributed by atoms with E-state index < -0.39 is 11.9 Å². The fourth-order valence-electron chi connectivity index (χ4n) is 2.35. The highest BCUT2D eigenvalue weighted by atomic mass is 35.5. The van der Waals surface area contributed by atoms with E-state index in [1.165, 1.54) is 0 Å². The summed E-state index contributed by atoms with van der Waals surface area (Å²) < 4.78 is 0. The van der Waals surface area contributed by atoms with Gasteiger partial charge in [0.05, 0.1) is 10.9 Å². The monoisotopic (exact) mass is 286 g/mol. The lowest BCUT2D eigenvalue weighted by atomic mass is 9.95. The molecular formula is C13H12Cl2O3. The van der Waals surface area contributed by atoms with Crippen LogP contribution in [0.5, 0.6) is 0 Å². The van der Waals surface area contributed by atoms with Crippen LogP contribution in [0.3, 0.4) is 0 Å². The molecule has 3 nitrogen and oxygen atoms in total. The van der Waals surface area contributed by atoms with Crippen LogP contribution in [-0.2, 0) is 4.79 Å². The van der Waals surface area contributed by atoms with E-state index in [0.717, 1.165) is 0 Å². The van der Waals surface area contributed by atoms with Gasteiger partial charge >= 0.3 is 5.97 Å². The van der Waals surface area contributed by atoms with Gasteiger partial charge in [-0.3, -0.25) is 9.59 Å². The van der Waals surface area contributed by atoms with Gasteiger partial charge in [0.15, 0.2) is 5.78 Å². The first-order valence-corrected chi connectivity index (χ1v) is 6.46. The average molecular weight is 287 g/mol. The summed E-state index contributed by atoms with van der Waals surface area (Å²) in [6.45, 7) is 0. The molecule has 2 rings (SSSR count). The Labute approximate surface area is 115 Å². The molecule has 1 aromatic carbocycles. The van der Waals surface area contributed by atoms with Gasteiger partial charge < -0.3 is 5.11 Å². The topological polar surface area (TPSA) is 54.4 Å². The Morgan fingerprint density at radius 1 is 1.17 bits per heavy atom. The van der Waals surface area contributed by atoms with E-state index in [1.807, 2.05) is 0 Å². The molecule has 96 valence electrons. The molecule has 2 atom stereocenters. The van der Waals surface area contributed by atoms with Crippen LogP contribution in [0, 0.1) is 11.8 Å². The first-order chi connectivity index (χ1) is 8.49. The van der Waals surface area contributed by atoms with Crippen LogP contribution in [0.15, 0.2) is 18.2 Å². The van der Waals surface area contributed by atoms with Gasteiger partial charge in [-0.25, -0.2) is 0 Å². The number of aliphatic carboxylic acids is 1. The number of carboxylic acids is 1. The molecule has 0 aliphatic heterocycles. The minimum Gasteiger partial charge on any atom is -0.481 e. The van der Waals surface area contributed by atoms with Gasteiger partial charge in [0, 0.05) is 16.5 Å². The lowest BCUT2D eigenvalue weighted by Crippen LogP contribution is -2.15. The Hall–Kier alpha value is -1.06. The number of halogens is 2. The number of carbonyl (C=O) groups excluding carboxylic acids is 1. The number of benzene rings is 1. The van der Waals surface area contributed by atoms with Crippen molar-refractivity contribution in [2.24, 2.45) is 11.8 Å². The molecule has 0 aromatic heterocycles. The Balaban J connectivity index is 2.17. The molecule has 0 bridgehead atoms. The summed E-state index contributed by atoms with van der Waals surface area (Å²) >= 11 is 11.8. The SMILES string of the molecule is O=C(O)C1CCC(C(=O)c2cc(Cl)ccc2Cl)C1. The van der Waals surface area contributed by atoms with Crippen molar-refractivity contribution >= 4 is 35.0 Å². The quantitative estimate of drug-likeness (QED) is 0.863. The largest absolute Gasteiger partial charge is 0.481 e. The number of hydrogen-bond acceptors (Lipinski definition) is 2. The summed E-state index contributed by atoms with van der Waals surface area (Å²) in [6.07, 6.45) is 1.53. The Bertz CT molecular complexity index is 499. The van der Waals surface area contributed by atoms with Crippen LogP contribution in [0.4, 0.5) is 0 Å². The third kappa shape index (κ3) is 2.68. The smallest absolute Gasteiger partial charge is 0.306 e. The van der Waals surface area contributed by atoms with E-state index in [2.05, 4.69) is 0 Å². The summed E-state index contributed by atoms with van der Waals surface area (Å²) in [4.78, 5) is 23.1. The lowest BCUT2D eigenvalue weighted by molar-refractivity contribution is -0.141. The highest BCUT2D eigenvalue weighted by Gasteiger charge is 2.34. The van der Waals surface area contributed by atoms with Crippen molar-refractivity contribution in [2.45, 2.75) is 19.3 Å². The molecule has 1 aliphatic rings. The zero-order valence-corrected chi connectivity index (χ0v) is 11.0. The number of rotatable bonds is 3. The molecule has 2 unspecified atom stereocenters. The van der Waals surface area contributed by atoms with Crippen LogP contribution in [0.1, 0.15) is 29.6 Å². The van der Waals surface area contributed by atoms with Gasteiger partial charge in [-0.05, 0) is 37.5 Å². The number of carboxylic acid groups (broad SMARTS) is 1. The second kappa shape index (κ2) is 5.29. The number of hydrogen-bond donors (Lipinski definition) is 1. The zero-order valence-electron chi connectivity index (χ0n) is 9.53. The van der Waals surface area contributed by atoms with Gasteiger partial charge in [-0.2, -0.15) is 0 Å². The molecule has 18 heavy (non-hydrogen) atoms. The zero-order chi connectivity index (χ0) is 13.3. The first-order valence-electron chi connectivity index (χ1n) is 5.71. The predicted molar refractivity (Wildman–Crippen MR) is 69.3 cm³/mol. The van der Waals surface area contributed by atoms with E-state index in [4.69, 9.17) is 28.3 Å². The van der Waals surface area contributed by atoms with Crippen molar-refractivity contribution in [3.05, 3.63) is 33.8 Å². The second-order valence-corrected chi connectivity index (χ2v) is 5.38. The van der Waals surface area contributed by atoms with Crippen molar-refractivity contribution in [1.29, 1.82) is 0 Å². The summed E-state index contributed by atoms with van der Waals surface area (Å²) in [6, 6.07) is 4.75. The van der Waals surface area contributed by atoms with Crippen molar-refractivity contribution < 1.29 is 14.7 Å². The van der Waals surface area contributed by atoms with Gasteiger partial charge in [-0.15, -0.1) is 0 Å². The van der Waals surface area contributed by atoms with Gasteiger partial charge in [0.1, 0.15) is 0 Å². The van der Waals surface area contributed by atoms with E-state index in [-0.39, 0.29) is 11.7 Å². The maximum absolute atomic E-state index is 12.3. The maximum Gasteiger partial charge on any atom is 0.306 e. The van der Waals surface area contributed by atoms with E-state index in [9.17, 15) is 9.59 Å². The normalized spacial score (nSPS) is 23.0. The molecule has 0 spiro atoms. The summed E-state index contributed by atoms with van der Waals surface area (Å²) in [7, 11) is 0. The Morgan fingerprint density at radius 3 is 2.44 bits per heavy atom. The molecule has 1 aromatic rings. The minimum atomic E-state index is -0.831. The fourth-order valence-corrected chi connectivity index (χ4v) is 2.73. The molecule has 1 N–H and O–H groups in total. The molecule has 5 heteroatoms. The molecule has 0 heterocycles. The fraction of sp³-hybridized carbons (Fsp3) is 0.385. The van der Waals surface area contributed by atoms with Crippen LogP contribution in [0.2, 0.25) is 10.0 Å². The molecular weight excluding hydrogens is 275 g/mol. The van der Waals surface area contributed by atoms with Crippen LogP contribution >= 0.6 is 23.2 Å². The number of ketones is 1. The van der Waals surface area contributed by atoms with E-state index >= 15 is 0 Å². The third-order valence-corrected chi connectivity index (χ3v) is 3.91. The average Bonchev–Trinajstić information content (AvgIpc) is 2.81. The predicted octanol–water partition coefficient (Wildman–Crippen LogP) is 3.68. The van der Waals surface area contributed by atoms with E-state index in [0.29, 0.717) is 34.9 Å². The second-order valence-electron chi connectivity index (χ2n) is 4.53. The first kappa shape index (κ1) is 13.4.